The van der Waals surface area contributed by atoms with Crippen LogP contribution in [-0.4, -0.2) is 28.7 Å². The van der Waals surface area contributed by atoms with Gasteiger partial charge in [0.25, 0.3) is 5.56 Å². The maximum Gasteiger partial charge on any atom is 0.269 e. The van der Waals surface area contributed by atoms with Crippen LogP contribution in [-0.2, 0) is 21.6 Å². The van der Waals surface area contributed by atoms with Crippen LogP contribution in [0.3, 0.4) is 0 Å². The maximum absolute atomic E-state index is 13.0. The van der Waals surface area contributed by atoms with Gasteiger partial charge in [0.15, 0.2) is 0 Å². The van der Waals surface area contributed by atoms with Gasteiger partial charge in [-0.1, -0.05) is 40.2 Å². The minimum atomic E-state index is -0.508. The number of ether oxygens (including phenoxy) is 1. The van der Waals surface area contributed by atoms with E-state index in [9.17, 15) is 9.59 Å². The molecule has 1 aliphatic rings. The van der Waals surface area contributed by atoms with Crippen molar-refractivity contribution in [1.29, 1.82) is 0 Å². The summed E-state index contributed by atoms with van der Waals surface area (Å²) in [5, 5.41) is 3.20. The Hall–Kier alpha value is -2.51. The van der Waals surface area contributed by atoms with E-state index in [-0.39, 0.29) is 18.0 Å². The number of carbonyl (C=O) groups is 1. The van der Waals surface area contributed by atoms with Crippen LogP contribution in [0.1, 0.15) is 18.4 Å². The van der Waals surface area contributed by atoms with E-state index < -0.39 is 5.54 Å². The molecule has 4 rings (SSSR count). The molecule has 1 aliphatic heterocycles. The molecule has 7 heteroatoms. The van der Waals surface area contributed by atoms with Crippen LogP contribution in [0.15, 0.2) is 64.0 Å². The summed E-state index contributed by atoms with van der Waals surface area (Å²) in [6.07, 6.45) is 2.62. The van der Waals surface area contributed by atoms with E-state index in [4.69, 9.17) is 4.74 Å². The first-order valence-corrected chi connectivity index (χ1v) is 9.96. The summed E-state index contributed by atoms with van der Waals surface area (Å²) in [5.41, 5.74) is 1.56. The smallest absolute Gasteiger partial charge is 0.269 e. The van der Waals surface area contributed by atoms with Gasteiger partial charge in [-0.3, -0.25) is 14.2 Å². The number of fused-ring (bicyclic) bond motifs is 1. The molecule has 0 radical (unpaired) electrons. The monoisotopic (exact) mass is 441 g/mol. The normalized spacial score (nSPS) is 16.0. The fourth-order valence-electron chi connectivity index (χ4n) is 3.72. The summed E-state index contributed by atoms with van der Waals surface area (Å²) in [7, 11) is 0. The first-order valence-electron chi connectivity index (χ1n) is 9.17. The zero-order chi connectivity index (χ0) is 19.6. The maximum atomic E-state index is 13.0. The van der Waals surface area contributed by atoms with E-state index in [1.807, 2.05) is 42.5 Å². The number of carbonyl (C=O) groups excluding carboxylic acids is 1. The van der Waals surface area contributed by atoms with Crippen molar-refractivity contribution in [2.75, 3.05) is 13.2 Å². The Labute approximate surface area is 170 Å². The molecular weight excluding hydrogens is 422 g/mol. The predicted molar refractivity (Wildman–Crippen MR) is 110 cm³/mol. The SMILES string of the molecule is O=C(Cn1c(=O)cnc2ccccc21)NC1(c2cccc(Br)c2)CCOCC1. The molecule has 144 valence electrons. The van der Waals surface area contributed by atoms with Gasteiger partial charge >= 0.3 is 0 Å². The van der Waals surface area contributed by atoms with Crippen molar-refractivity contribution >= 4 is 32.9 Å². The van der Waals surface area contributed by atoms with Crippen molar-refractivity contribution in [3.63, 3.8) is 0 Å². The summed E-state index contributed by atoms with van der Waals surface area (Å²) >= 11 is 3.51. The largest absolute Gasteiger partial charge is 0.381 e. The lowest BCUT2D eigenvalue weighted by Gasteiger charge is -2.38. The van der Waals surface area contributed by atoms with Crippen molar-refractivity contribution in [3.8, 4) is 0 Å². The lowest BCUT2D eigenvalue weighted by molar-refractivity contribution is -0.125. The van der Waals surface area contributed by atoms with Crippen LogP contribution in [0.2, 0.25) is 0 Å². The Morgan fingerprint density at radius 3 is 2.75 bits per heavy atom. The molecule has 6 nitrogen and oxygen atoms in total. The third-order valence-corrected chi connectivity index (χ3v) is 5.65. The van der Waals surface area contributed by atoms with Crippen LogP contribution < -0.4 is 10.9 Å². The number of amides is 1. The second kappa shape index (κ2) is 7.85. The van der Waals surface area contributed by atoms with E-state index in [1.54, 1.807) is 6.07 Å². The fraction of sp³-hybridized carbons (Fsp3) is 0.286. The Bertz CT molecular complexity index is 1070. The highest BCUT2D eigenvalue weighted by Crippen LogP contribution is 2.33. The molecule has 3 aromatic rings. The van der Waals surface area contributed by atoms with Crippen molar-refractivity contribution < 1.29 is 9.53 Å². The van der Waals surface area contributed by atoms with Crippen LogP contribution in [0.5, 0.6) is 0 Å². The number of aromatic nitrogens is 2. The first-order chi connectivity index (χ1) is 13.6. The predicted octanol–water partition coefficient (Wildman–Crippen LogP) is 2.98. The van der Waals surface area contributed by atoms with Crippen LogP contribution >= 0.6 is 15.9 Å². The second-order valence-electron chi connectivity index (χ2n) is 6.92. The highest BCUT2D eigenvalue weighted by Gasteiger charge is 2.36. The molecule has 1 aromatic heterocycles. The lowest BCUT2D eigenvalue weighted by Crippen LogP contribution is -2.50. The average molecular weight is 442 g/mol. The average Bonchev–Trinajstić information content (AvgIpc) is 2.71. The molecule has 2 aromatic carbocycles. The summed E-state index contributed by atoms with van der Waals surface area (Å²) in [6, 6.07) is 15.3. The van der Waals surface area contributed by atoms with Gasteiger partial charge in [0.1, 0.15) is 6.54 Å². The molecule has 28 heavy (non-hydrogen) atoms. The van der Waals surface area contributed by atoms with Crippen molar-refractivity contribution in [1.82, 2.24) is 14.9 Å². The summed E-state index contributed by atoms with van der Waals surface area (Å²) in [5.74, 6) is -0.208. The molecule has 1 saturated heterocycles. The Morgan fingerprint density at radius 2 is 1.96 bits per heavy atom. The minimum Gasteiger partial charge on any atom is -0.381 e. The van der Waals surface area contributed by atoms with Crippen LogP contribution in [0.25, 0.3) is 11.0 Å². The number of nitrogens with one attached hydrogen (secondary N) is 1. The third kappa shape index (κ3) is 3.72. The summed E-state index contributed by atoms with van der Waals surface area (Å²) in [6.45, 7) is 1.09. The second-order valence-corrected chi connectivity index (χ2v) is 7.84. The van der Waals surface area contributed by atoms with Gasteiger partial charge in [0.05, 0.1) is 22.8 Å². The van der Waals surface area contributed by atoms with E-state index >= 15 is 0 Å². The van der Waals surface area contributed by atoms with Gasteiger partial charge in [-0.25, -0.2) is 4.98 Å². The molecule has 1 N–H and O–H groups in total. The molecule has 0 atom stereocenters. The van der Waals surface area contributed by atoms with Crippen molar-refractivity contribution in [3.05, 3.63) is 75.1 Å². The van der Waals surface area contributed by atoms with Gasteiger partial charge < -0.3 is 10.1 Å². The van der Waals surface area contributed by atoms with Crippen LogP contribution in [0.4, 0.5) is 0 Å². The molecule has 0 saturated carbocycles. The number of para-hydroxylation sites is 2. The quantitative estimate of drug-likeness (QED) is 0.675. The Balaban J connectivity index is 1.65. The number of rotatable bonds is 4. The van der Waals surface area contributed by atoms with Crippen LogP contribution in [0, 0.1) is 0 Å². The zero-order valence-corrected chi connectivity index (χ0v) is 16.8. The van der Waals surface area contributed by atoms with Gasteiger partial charge in [-0.2, -0.15) is 0 Å². The van der Waals surface area contributed by atoms with Gasteiger partial charge in [0.2, 0.25) is 5.91 Å². The number of nitrogens with zero attached hydrogens (tertiary/aromatic N) is 2. The third-order valence-electron chi connectivity index (χ3n) is 5.16. The fourth-order valence-corrected chi connectivity index (χ4v) is 4.12. The molecule has 2 heterocycles. The summed E-state index contributed by atoms with van der Waals surface area (Å²) in [4.78, 5) is 29.5. The van der Waals surface area contributed by atoms with E-state index in [0.29, 0.717) is 37.1 Å². The molecule has 0 spiro atoms. The molecule has 1 fully saturated rings. The molecule has 0 unspecified atom stereocenters. The zero-order valence-electron chi connectivity index (χ0n) is 15.2. The number of hydrogen-bond acceptors (Lipinski definition) is 4. The molecule has 0 aliphatic carbocycles. The standard InChI is InChI=1S/C21H20BrN3O3/c22-16-5-3-4-15(12-16)21(8-10-28-11-9-21)24-19(26)14-25-18-7-2-1-6-17(18)23-13-20(25)27/h1-7,12-13H,8-11,14H2,(H,24,26). The van der Waals surface area contributed by atoms with E-state index in [0.717, 1.165) is 10.0 Å². The Morgan fingerprint density at radius 1 is 1.18 bits per heavy atom. The van der Waals surface area contributed by atoms with Gasteiger partial charge in [0, 0.05) is 17.7 Å². The first kappa shape index (κ1) is 18.8. The van der Waals surface area contributed by atoms with E-state index in [2.05, 4.69) is 26.2 Å². The van der Waals surface area contributed by atoms with Gasteiger partial charge in [-0.15, -0.1) is 0 Å². The molecule has 1 amide bonds. The van der Waals surface area contributed by atoms with E-state index in [1.165, 1.54) is 10.8 Å². The number of benzene rings is 2. The summed E-state index contributed by atoms with van der Waals surface area (Å²) < 4.78 is 7.95. The Kier molecular flexibility index (Phi) is 5.28. The minimum absolute atomic E-state index is 0.0571. The highest BCUT2D eigenvalue weighted by molar-refractivity contribution is 9.10. The molecular formula is C21H20BrN3O3. The van der Waals surface area contributed by atoms with Gasteiger partial charge in [-0.05, 0) is 42.7 Å². The topological polar surface area (TPSA) is 73.2 Å². The number of halogens is 1. The highest BCUT2D eigenvalue weighted by atomic mass is 79.9. The van der Waals surface area contributed by atoms with Crippen molar-refractivity contribution in [2.24, 2.45) is 0 Å². The molecule has 0 bridgehead atoms. The lowest BCUT2D eigenvalue weighted by atomic mass is 9.82. The van der Waals surface area contributed by atoms with Crippen molar-refractivity contribution in [2.45, 2.75) is 24.9 Å². The number of hydrogen-bond donors (Lipinski definition) is 1.